The minimum absolute atomic E-state index is 0.0252. The van der Waals surface area contributed by atoms with Gasteiger partial charge in [-0.05, 0) is 39.4 Å². The van der Waals surface area contributed by atoms with Gasteiger partial charge in [-0.1, -0.05) is 6.92 Å². The van der Waals surface area contributed by atoms with E-state index in [0.29, 0.717) is 12.1 Å². The molecule has 0 aromatic carbocycles. The van der Waals surface area contributed by atoms with Crippen LogP contribution in [0.2, 0.25) is 0 Å². The van der Waals surface area contributed by atoms with Crippen molar-refractivity contribution in [2.45, 2.75) is 63.5 Å². The molecule has 0 aromatic rings. The highest BCUT2D eigenvalue weighted by atomic mass is 32.2. The van der Waals surface area contributed by atoms with Gasteiger partial charge in [-0.15, -0.1) is 11.8 Å². The van der Waals surface area contributed by atoms with Gasteiger partial charge in [0.2, 0.25) is 5.91 Å². The molecule has 1 saturated heterocycles. The van der Waals surface area contributed by atoms with Crippen LogP contribution in [0.5, 0.6) is 0 Å². The summed E-state index contributed by atoms with van der Waals surface area (Å²) in [4.78, 5) is 14.7. The molecule has 4 heteroatoms. The Hall–Kier alpha value is -0.220. The summed E-state index contributed by atoms with van der Waals surface area (Å²) in [5.41, 5.74) is 0. The second-order valence-corrected chi connectivity index (χ2v) is 5.81. The Labute approximate surface area is 109 Å². The molecule has 0 N–H and O–H groups in total. The number of carbonyl (C=O) groups excluding carboxylic acids is 1. The van der Waals surface area contributed by atoms with Crippen molar-refractivity contribution in [2.75, 3.05) is 13.4 Å². The van der Waals surface area contributed by atoms with Gasteiger partial charge < -0.3 is 9.64 Å². The minimum atomic E-state index is -0.0744. The lowest BCUT2D eigenvalue weighted by atomic mass is 10.1. The second kappa shape index (κ2) is 6.64. The molecule has 3 nitrogen and oxygen atoms in total. The van der Waals surface area contributed by atoms with Crippen LogP contribution in [-0.2, 0) is 9.53 Å². The third-order valence-electron chi connectivity index (χ3n) is 3.81. The van der Waals surface area contributed by atoms with Gasteiger partial charge in [-0.25, -0.2) is 0 Å². The summed E-state index contributed by atoms with van der Waals surface area (Å²) in [6.45, 7) is 6.29. The zero-order valence-corrected chi connectivity index (χ0v) is 12.4. The lowest BCUT2D eigenvalue weighted by Gasteiger charge is -2.32. The number of methoxy groups -OCH3 is 1. The highest BCUT2D eigenvalue weighted by Crippen LogP contribution is 2.29. The van der Waals surface area contributed by atoms with Gasteiger partial charge in [0.25, 0.3) is 0 Å². The Kier molecular flexibility index (Phi) is 5.80. The molecule has 1 rings (SSSR count). The number of amides is 1. The summed E-state index contributed by atoms with van der Waals surface area (Å²) in [7, 11) is 1.67. The molecule has 100 valence electrons. The first-order chi connectivity index (χ1) is 8.06. The molecule has 0 bridgehead atoms. The van der Waals surface area contributed by atoms with Crippen molar-refractivity contribution >= 4 is 17.7 Å². The lowest BCUT2D eigenvalue weighted by Crippen LogP contribution is -2.47. The number of carbonyl (C=O) groups is 1. The maximum absolute atomic E-state index is 12.6. The number of ether oxygens (including phenoxy) is 1. The van der Waals surface area contributed by atoms with Gasteiger partial charge in [-0.3, -0.25) is 4.79 Å². The smallest absolute Gasteiger partial charge is 0.238 e. The molecular weight excluding hydrogens is 234 g/mol. The van der Waals surface area contributed by atoms with Crippen molar-refractivity contribution in [1.82, 2.24) is 4.90 Å². The molecular formula is C13H25NO2S. The molecule has 1 amide bonds. The molecule has 17 heavy (non-hydrogen) atoms. The zero-order valence-electron chi connectivity index (χ0n) is 11.6. The Morgan fingerprint density at radius 3 is 2.65 bits per heavy atom. The van der Waals surface area contributed by atoms with Crippen molar-refractivity contribution in [3.63, 3.8) is 0 Å². The summed E-state index contributed by atoms with van der Waals surface area (Å²) in [5, 5.41) is -0.0744. The van der Waals surface area contributed by atoms with Crippen LogP contribution in [0.15, 0.2) is 0 Å². The topological polar surface area (TPSA) is 29.5 Å². The third-order valence-corrected chi connectivity index (χ3v) is 4.90. The Morgan fingerprint density at radius 2 is 2.18 bits per heavy atom. The standard InChI is InChI=1S/C13H25NO2S/c1-6-11-8-7-9(2)14(11)13(15)12(17-5)10(3)16-4/h9-12H,6-8H2,1-5H3/t9?,10?,11-,12?/m1/s1. The molecule has 0 aromatic heterocycles. The summed E-state index contributed by atoms with van der Waals surface area (Å²) in [5.74, 6) is 0.253. The summed E-state index contributed by atoms with van der Waals surface area (Å²) >= 11 is 1.60. The predicted molar refractivity (Wildman–Crippen MR) is 73.4 cm³/mol. The number of nitrogens with zero attached hydrogens (tertiary/aromatic N) is 1. The van der Waals surface area contributed by atoms with E-state index < -0.39 is 0 Å². The van der Waals surface area contributed by atoms with Crippen LogP contribution in [0.3, 0.4) is 0 Å². The van der Waals surface area contributed by atoms with E-state index in [0.717, 1.165) is 19.3 Å². The van der Waals surface area contributed by atoms with Crippen LogP contribution in [-0.4, -0.2) is 47.6 Å². The van der Waals surface area contributed by atoms with Crippen LogP contribution in [0.1, 0.15) is 40.0 Å². The van der Waals surface area contributed by atoms with E-state index in [2.05, 4.69) is 18.7 Å². The number of hydrogen-bond donors (Lipinski definition) is 0. The molecule has 1 aliphatic heterocycles. The summed E-state index contributed by atoms with van der Waals surface area (Å²) in [6, 6.07) is 0.808. The van der Waals surface area contributed by atoms with Crippen LogP contribution in [0, 0.1) is 0 Å². The van der Waals surface area contributed by atoms with E-state index >= 15 is 0 Å². The first-order valence-electron chi connectivity index (χ1n) is 6.44. The number of rotatable bonds is 5. The van der Waals surface area contributed by atoms with Crippen LogP contribution < -0.4 is 0 Å². The monoisotopic (exact) mass is 259 g/mol. The average molecular weight is 259 g/mol. The van der Waals surface area contributed by atoms with E-state index in [1.165, 1.54) is 0 Å². The fourth-order valence-corrected chi connectivity index (χ4v) is 3.45. The predicted octanol–water partition coefficient (Wildman–Crippen LogP) is 2.54. The maximum atomic E-state index is 12.6. The number of likely N-dealkylation sites (tertiary alicyclic amines) is 1. The van der Waals surface area contributed by atoms with Crippen LogP contribution in [0.4, 0.5) is 0 Å². The Morgan fingerprint density at radius 1 is 1.53 bits per heavy atom. The molecule has 1 heterocycles. The molecule has 0 spiro atoms. The van der Waals surface area contributed by atoms with Gasteiger partial charge in [-0.2, -0.15) is 0 Å². The van der Waals surface area contributed by atoms with E-state index in [9.17, 15) is 4.79 Å². The molecule has 0 saturated carbocycles. The highest BCUT2D eigenvalue weighted by Gasteiger charge is 2.38. The van der Waals surface area contributed by atoms with Crippen molar-refractivity contribution in [3.8, 4) is 0 Å². The zero-order chi connectivity index (χ0) is 13.0. The Bertz CT molecular complexity index is 260. The van der Waals surface area contributed by atoms with Gasteiger partial charge in [0.1, 0.15) is 5.25 Å². The molecule has 1 aliphatic rings. The number of hydrogen-bond acceptors (Lipinski definition) is 3. The van der Waals surface area contributed by atoms with E-state index in [-0.39, 0.29) is 17.3 Å². The first-order valence-corrected chi connectivity index (χ1v) is 7.73. The van der Waals surface area contributed by atoms with Crippen molar-refractivity contribution < 1.29 is 9.53 Å². The van der Waals surface area contributed by atoms with E-state index in [1.807, 2.05) is 13.2 Å². The normalized spacial score (nSPS) is 28.2. The van der Waals surface area contributed by atoms with Gasteiger partial charge in [0, 0.05) is 19.2 Å². The molecule has 3 unspecified atom stereocenters. The summed E-state index contributed by atoms with van der Waals surface area (Å²) in [6.07, 6.45) is 5.29. The van der Waals surface area contributed by atoms with Crippen molar-refractivity contribution in [2.24, 2.45) is 0 Å². The van der Waals surface area contributed by atoms with Crippen LogP contribution >= 0.6 is 11.8 Å². The second-order valence-electron chi connectivity index (χ2n) is 4.83. The quantitative estimate of drug-likeness (QED) is 0.760. The minimum Gasteiger partial charge on any atom is -0.380 e. The first kappa shape index (κ1) is 14.8. The van der Waals surface area contributed by atoms with Gasteiger partial charge in [0.15, 0.2) is 0 Å². The third kappa shape index (κ3) is 3.16. The lowest BCUT2D eigenvalue weighted by molar-refractivity contribution is -0.135. The van der Waals surface area contributed by atoms with Crippen molar-refractivity contribution in [3.05, 3.63) is 0 Å². The molecule has 0 radical (unpaired) electrons. The molecule has 0 aliphatic carbocycles. The maximum Gasteiger partial charge on any atom is 0.238 e. The van der Waals surface area contributed by atoms with Gasteiger partial charge >= 0.3 is 0 Å². The Balaban J connectivity index is 2.78. The van der Waals surface area contributed by atoms with Crippen LogP contribution in [0.25, 0.3) is 0 Å². The van der Waals surface area contributed by atoms with Crippen molar-refractivity contribution in [1.29, 1.82) is 0 Å². The van der Waals surface area contributed by atoms with Gasteiger partial charge in [0.05, 0.1) is 6.10 Å². The SMILES string of the molecule is CC[C@@H]1CCC(C)N1C(=O)C(SC)C(C)OC. The largest absolute Gasteiger partial charge is 0.380 e. The van der Waals surface area contributed by atoms with E-state index in [1.54, 1.807) is 18.9 Å². The highest BCUT2D eigenvalue weighted by molar-refractivity contribution is 8.00. The molecule has 4 atom stereocenters. The fourth-order valence-electron chi connectivity index (χ4n) is 2.63. The fraction of sp³-hybridized carbons (Fsp3) is 0.923. The summed E-state index contributed by atoms with van der Waals surface area (Å²) < 4.78 is 5.32. The van der Waals surface area contributed by atoms with E-state index in [4.69, 9.17) is 4.74 Å². The average Bonchev–Trinajstić information content (AvgIpc) is 2.70. The number of thioether (sulfide) groups is 1. The molecule has 1 fully saturated rings.